The number of rotatable bonds is 14. The zero-order valence-corrected chi connectivity index (χ0v) is 20.7. The Morgan fingerprint density at radius 1 is 1.16 bits per heavy atom. The van der Waals surface area contributed by atoms with Crippen molar-refractivity contribution in [3.05, 3.63) is 29.8 Å². The standard InChI is InChI=1S/C17H28Cl2N5O4P.C2H6/c1-22-15(6-7-16(20)25)17(26)23-14-4-2-13(3-5-14)12-28-29(21,27)24(10-8-18)11-9-19;1-2/h2-5,15,22H,6-12H2,1H3,(H2,20,25)(H2,21,27)(H,23,26);1-2H3/t15-,29?;/m0./s1. The summed E-state index contributed by atoms with van der Waals surface area (Å²) in [7, 11) is -1.89. The minimum Gasteiger partial charge on any atom is -0.370 e. The maximum Gasteiger partial charge on any atom is 0.341 e. The van der Waals surface area contributed by atoms with Gasteiger partial charge in [-0.3, -0.25) is 14.2 Å². The third-order valence-corrected chi connectivity index (χ3v) is 6.09. The zero-order chi connectivity index (χ0) is 23.9. The molecule has 0 aromatic heterocycles. The Kier molecular flexibility index (Phi) is 15.8. The molecule has 1 aromatic rings. The van der Waals surface area contributed by atoms with Gasteiger partial charge in [-0.2, -0.15) is 0 Å². The van der Waals surface area contributed by atoms with Crippen molar-refractivity contribution in [2.75, 3.05) is 37.2 Å². The smallest absolute Gasteiger partial charge is 0.341 e. The van der Waals surface area contributed by atoms with Crippen molar-refractivity contribution in [3.8, 4) is 0 Å². The SMILES string of the molecule is CC.CN[C@@H](CCC(N)=O)C(=O)Nc1ccc(COP(N)(=O)N(CCCl)CCCl)cc1. The predicted molar refractivity (Wildman–Crippen MR) is 127 cm³/mol. The highest BCUT2D eigenvalue weighted by Crippen LogP contribution is 2.43. The lowest BCUT2D eigenvalue weighted by molar-refractivity contribution is -0.119. The number of primary amides is 1. The van der Waals surface area contributed by atoms with Crippen LogP contribution in [0, 0.1) is 0 Å². The number of benzene rings is 1. The molecule has 0 aliphatic heterocycles. The van der Waals surface area contributed by atoms with Crippen molar-refractivity contribution >= 4 is 48.4 Å². The maximum absolute atomic E-state index is 12.6. The molecule has 12 heteroatoms. The minimum atomic E-state index is -3.52. The number of alkyl halides is 2. The number of carbonyl (C=O) groups is 2. The molecule has 1 unspecified atom stereocenters. The van der Waals surface area contributed by atoms with E-state index >= 15 is 0 Å². The first kappa shape index (κ1) is 29.8. The molecule has 0 radical (unpaired) electrons. The van der Waals surface area contributed by atoms with Crippen LogP contribution in [0.4, 0.5) is 5.69 Å². The summed E-state index contributed by atoms with van der Waals surface area (Å²) in [4.78, 5) is 23.2. The average molecular weight is 498 g/mol. The molecule has 6 N–H and O–H groups in total. The molecule has 31 heavy (non-hydrogen) atoms. The Morgan fingerprint density at radius 3 is 2.16 bits per heavy atom. The first-order valence-corrected chi connectivity index (χ1v) is 12.7. The van der Waals surface area contributed by atoms with E-state index in [1.165, 1.54) is 4.67 Å². The van der Waals surface area contributed by atoms with Crippen LogP contribution in [0.1, 0.15) is 32.3 Å². The molecule has 0 aliphatic carbocycles. The summed E-state index contributed by atoms with van der Waals surface area (Å²) in [5.74, 6) is -0.233. The van der Waals surface area contributed by atoms with Gasteiger partial charge in [-0.15, -0.1) is 23.2 Å². The first-order valence-electron chi connectivity index (χ1n) is 9.99. The summed E-state index contributed by atoms with van der Waals surface area (Å²) in [6.45, 7) is 4.63. The molecule has 9 nitrogen and oxygen atoms in total. The summed E-state index contributed by atoms with van der Waals surface area (Å²) >= 11 is 11.4. The van der Waals surface area contributed by atoms with Crippen LogP contribution in [0.2, 0.25) is 0 Å². The van der Waals surface area contributed by atoms with E-state index in [2.05, 4.69) is 10.6 Å². The number of anilines is 1. The van der Waals surface area contributed by atoms with Gasteiger partial charge in [0.25, 0.3) is 0 Å². The lowest BCUT2D eigenvalue weighted by atomic mass is 10.1. The van der Waals surface area contributed by atoms with Gasteiger partial charge in [0.1, 0.15) is 0 Å². The normalized spacial score (nSPS) is 13.6. The van der Waals surface area contributed by atoms with E-state index < -0.39 is 19.6 Å². The van der Waals surface area contributed by atoms with Crippen molar-refractivity contribution in [2.24, 2.45) is 11.2 Å². The number of nitrogens with one attached hydrogen (secondary N) is 2. The summed E-state index contributed by atoms with van der Waals surface area (Å²) in [6.07, 6.45) is 0.412. The van der Waals surface area contributed by atoms with Gasteiger partial charge in [0.15, 0.2) is 0 Å². The number of halogens is 2. The van der Waals surface area contributed by atoms with Gasteiger partial charge < -0.3 is 20.9 Å². The molecule has 0 saturated carbocycles. The first-order chi connectivity index (χ1) is 14.7. The Balaban J connectivity index is 0.00000436. The van der Waals surface area contributed by atoms with Crippen LogP contribution in [0.5, 0.6) is 0 Å². The molecule has 0 aliphatic rings. The van der Waals surface area contributed by atoms with Gasteiger partial charge in [0.05, 0.1) is 12.6 Å². The lowest BCUT2D eigenvalue weighted by Gasteiger charge is -2.26. The van der Waals surface area contributed by atoms with E-state index in [-0.39, 0.29) is 30.7 Å². The van der Waals surface area contributed by atoms with Crippen LogP contribution in [0.3, 0.4) is 0 Å². The molecule has 0 spiro atoms. The van der Waals surface area contributed by atoms with Gasteiger partial charge >= 0.3 is 7.67 Å². The molecule has 2 atom stereocenters. The third kappa shape index (κ3) is 11.8. The quantitative estimate of drug-likeness (QED) is 0.228. The van der Waals surface area contributed by atoms with Crippen molar-refractivity contribution in [1.82, 2.24) is 9.99 Å². The fourth-order valence-corrected chi connectivity index (χ4v) is 4.34. The highest BCUT2D eigenvalue weighted by atomic mass is 35.5. The molecule has 0 heterocycles. The number of amides is 2. The highest BCUT2D eigenvalue weighted by molar-refractivity contribution is 7.53. The van der Waals surface area contributed by atoms with Crippen molar-refractivity contribution in [3.63, 3.8) is 0 Å². The molecular weight excluding hydrogens is 464 g/mol. The minimum absolute atomic E-state index is 0.0286. The summed E-state index contributed by atoms with van der Waals surface area (Å²) in [5, 5.41) is 5.61. The van der Waals surface area contributed by atoms with Crippen LogP contribution in [0.15, 0.2) is 24.3 Å². The topological polar surface area (TPSA) is 140 Å². The molecule has 2 amide bonds. The molecule has 0 fully saturated rings. The predicted octanol–water partition coefficient (Wildman–Crippen LogP) is 2.87. The molecule has 0 saturated heterocycles. The fourth-order valence-electron chi connectivity index (χ4n) is 2.44. The molecule has 0 bridgehead atoms. The summed E-state index contributed by atoms with van der Waals surface area (Å²) in [5.41, 5.74) is 12.2. The maximum atomic E-state index is 12.6. The molecule has 1 aromatic carbocycles. The number of nitrogens with two attached hydrogens (primary N) is 2. The Hall–Kier alpha value is -1.19. The van der Waals surface area contributed by atoms with Crippen LogP contribution >= 0.6 is 30.9 Å². The lowest BCUT2D eigenvalue weighted by Crippen LogP contribution is -2.39. The Labute approximate surface area is 194 Å². The number of hydrogen-bond donors (Lipinski definition) is 4. The number of carbonyl (C=O) groups excluding carboxylic acids is 2. The molecular formula is C19H34Cl2N5O4P. The fraction of sp³-hybridized carbons (Fsp3) is 0.579. The second kappa shape index (κ2) is 16.4. The van der Waals surface area contributed by atoms with E-state index in [0.29, 0.717) is 25.2 Å². The van der Waals surface area contributed by atoms with E-state index in [9.17, 15) is 14.2 Å². The van der Waals surface area contributed by atoms with Gasteiger partial charge in [-0.25, -0.2) is 10.2 Å². The van der Waals surface area contributed by atoms with Crippen molar-refractivity contribution in [2.45, 2.75) is 39.3 Å². The summed E-state index contributed by atoms with van der Waals surface area (Å²) in [6, 6.07) is 6.28. The van der Waals surface area contributed by atoms with E-state index in [0.717, 1.165) is 5.56 Å². The van der Waals surface area contributed by atoms with Crippen LogP contribution in [-0.2, 0) is 25.3 Å². The number of hydrogen-bond acceptors (Lipinski definition) is 5. The van der Waals surface area contributed by atoms with E-state index in [4.69, 9.17) is 39.0 Å². The van der Waals surface area contributed by atoms with Crippen LogP contribution in [0.25, 0.3) is 0 Å². The van der Waals surface area contributed by atoms with E-state index in [1.807, 2.05) is 13.8 Å². The largest absolute Gasteiger partial charge is 0.370 e. The number of nitrogens with zero attached hydrogens (tertiary/aromatic N) is 1. The molecule has 178 valence electrons. The summed E-state index contributed by atoms with van der Waals surface area (Å²) < 4.78 is 19.4. The van der Waals surface area contributed by atoms with Crippen LogP contribution in [-0.4, -0.2) is 54.4 Å². The molecule has 1 rings (SSSR count). The third-order valence-electron chi connectivity index (χ3n) is 4.06. The second-order valence-corrected chi connectivity index (χ2v) is 8.91. The van der Waals surface area contributed by atoms with Gasteiger partial charge in [-0.05, 0) is 31.2 Å². The average Bonchev–Trinajstić information content (AvgIpc) is 2.75. The zero-order valence-electron chi connectivity index (χ0n) is 18.3. The van der Waals surface area contributed by atoms with Gasteiger partial charge in [-0.1, -0.05) is 26.0 Å². The Bertz CT molecular complexity index is 703. The van der Waals surface area contributed by atoms with Crippen molar-refractivity contribution in [1.29, 1.82) is 0 Å². The van der Waals surface area contributed by atoms with E-state index in [1.54, 1.807) is 31.3 Å². The Morgan fingerprint density at radius 2 is 1.71 bits per heavy atom. The second-order valence-electron chi connectivity index (χ2n) is 6.20. The van der Waals surface area contributed by atoms with Gasteiger partial charge in [0, 0.05) is 37.0 Å². The highest BCUT2D eigenvalue weighted by Gasteiger charge is 2.26. The van der Waals surface area contributed by atoms with Gasteiger partial charge in [0.2, 0.25) is 11.8 Å². The monoisotopic (exact) mass is 497 g/mol. The van der Waals surface area contributed by atoms with Crippen LogP contribution < -0.4 is 21.9 Å². The van der Waals surface area contributed by atoms with Crippen molar-refractivity contribution < 1.29 is 18.7 Å². The number of likely N-dealkylation sites (N-methyl/N-ethyl adjacent to an activating group) is 1.